The van der Waals surface area contributed by atoms with E-state index in [0.717, 1.165) is 16.8 Å². The van der Waals surface area contributed by atoms with E-state index in [0.29, 0.717) is 0 Å². The van der Waals surface area contributed by atoms with Gasteiger partial charge in [0.15, 0.2) is 6.20 Å². The highest BCUT2D eigenvalue weighted by Crippen LogP contribution is 2.49. The van der Waals surface area contributed by atoms with Crippen molar-refractivity contribution in [3.05, 3.63) is 95.2 Å². The molecule has 0 saturated carbocycles. The predicted octanol–water partition coefficient (Wildman–Crippen LogP) is 6.30. The summed E-state index contributed by atoms with van der Waals surface area (Å²) in [6.45, 7) is 8.81. The van der Waals surface area contributed by atoms with Gasteiger partial charge in [-0.1, -0.05) is 38.1 Å². The van der Waals surface area contributed by atoms with Crippen molar-refractivity contribution in [2.75, 3.05) is 0 Å². The molecule has 1 aliphatic rings. The van der Waals surface area contributed by atoms with Crippen LogP contribution in [0.2, 0.25) is 0 Å². The van der Waals surface area contributed by atoms with E-state index in [1.165, 1.54) is 51.2 Å². The first kappa shape index (κ1) is 19.6. The number of hydrogen-bond donors (Lipinski definition) is 0. The molecule has 0 saturated heterocycles. The van der Waals surface area contributed by atoms with E-state index in [1.807, 2.05) is 24.4 Å². The zero-order valence-electron chi connectivity index (χ0n) is 18.6. The molecule has 2 aromatic carbocycles. The average molecular weight is 410 g/mol. The van der Waals surface area contributed by atoms with Crippen LogP contribution in [0.3, 0.4) is 0 Å². The van der Waals surface area contributed by atoms with Crippen LogP contribution in [0.15, 0.2) is 67.0 Å². The molecule has 1 aliphatic carbocycles. The Morgan fingerprint density at radius 3 is 2.29 bits per heavy atom. The van der Waals surface area contributed by atoms with Crippen molar-refractivity contribution < 1.29 is 8.96 Å². The van der Waals surface area contributed by atoms with E-state index in [2.05, 4.69) is 69.8 Å². The Kier molecular flexibility index (Phi) is 4.33. The van der Waals surface area contributed by atoms with Crippen LogP contribution >= 0.6 is 0 Å². The minimum Gasteiger partial charge on any atom is -0.260 e. The molecule has 0 radical (unpaired) electrons. The lowest BCUT2D eigenvalue weighted by molar-refractivity contribution is -0.660. The fourth-order valence-electron chi connectivity index (χ4n) is 4.92. The summed E-state index contributed by atoms with van der Waals surface area (Å²) in [5.74, 6) is -0.214. The largest absolute Gasteiger partial charge is 0.260 e. The van der Waals surface area contributed by atoms with Crippen molar-refractivity contribution in [1.82, 2.24) is 4.98 Å². The maximum absolute atomic E-state index is 13.4. The van der Waals surface area contributed by atoms with Crippen molar-refractivity contribution in [2.24, 2.45) is 7.05 Å². The summed E-state index contributed by atoms with van der Waals surface area (Å²) >= 11 is 0. The smallest absolute Gasteiger partial charge is 0.212 e. The number of nitrogens with zero attached hydrogens (tertiary/aromatic N) is 2. The second kappa shape index (κ2) is 6.84. The summed E-state index contributed by atoms with van der Waals surface area (Å²) in [5.41, 5.74) is 11.8. The molecule has 2 aromatic heterocycles. The maximum Gasteiger partial charge on any atom is 0.212 e. The highest BCUT2D eigenvalue weighted by atomic mass is 19.1. The van der Waals surface area contributed by atoms with Gasteiger partial charge in [0.2, 0.25) is 5.69 Å². The highest BCUT2D eigenvalue weighted by Gasteiger charge is 2.37. The van der Waals surface area contributed by atoms with Gasteiger partial charge in [0.05, 0.1) is 5.69 Å². The number of halogens is 1. The van der Waals surface area contributed by atoms with Crippen LogP contribution in [-0.2, 0) is 12.5 Å². The van der Waals surface area contributed by atoms with Gasteiger partial charge in [0.1, 0.15) is 12.9 Å². The summed E-state index contributed by atoms with van der Waals surface area (Å²) in [5, 5.41) is 0. The van der Waals surface area contributed by atoms with Gasteiger partial charge in [-0.3, -0.25) is 4.98 Å². The standard InChI is InChI=1S/C28H26FN2/c1-17-13-25-23(21-7-6-12-30-27(21)28(25,3)4)15-22(17)26-14-18(2)24(16-31(26)5)19-8-10-20(29)11-9-19/h6-16H,1-5H3/q+1. The van der Waals surface area contributed by atoms with Crippen molar-refractivity contribution in [2.45, 2.75) is 33.1 Å². The van der Waals surface area contributed by atoms with E-state index in [1.54, 1.807) is 0 Å². The summed E-state index contributed by atoms with van der Waals surface area (Å²) in [6, 6.07) is 17.8. The molecule has 4 aromatic rings. The van der Waals surface area contributed by atoms with E-state index >= 15 is 0 Å². The van der Waals surface area contributed by atoms with Crippen molar-refractivity contribution in [3.8, 4) is 33.5 Å². The average Bonchev–Trinajstić information content (AvgIpc) is 2.97. The van der Waals surface area contributed by atoms with Crippen LogP contribution in [0.25, 0.3) is 33.5 Å². The van der Waals surface area contributed by atoms with Crippen LogP contribution < -0.4 is 4.57 Å². The second-order valence-electron chi connectivity index (χ2n) is 9.11. The zero-order chi connectivity index (χ0) is 21.9. The normalized spacial score (nSPS) is 13.7. The zero-order valence-corrected chi connectivity index (χ0v) is 18.6. The van der Waals surface area contributed by atoms with Gasteiger partial charge < -0.3 is 0 Å². The first-order valence-corrected chi connectivity index (χ1v) is 10.6. The van der Waals surface area contributed by atoms with Crippen LogP contribution in [0.1, 0.15) is 36.2 Å². The Balaban J connectivity index is 1.68. The van der Waals surface area contributed by atoms with Gasteiger partial charge in [-0.2, -0.15) is 0 Å². The highest BCUT2D eigenvalue weighted by molar-refractivity contribution is 5.84. The predicted molar refractivity (Wildman–Crippen MR) is 123 cm³/mol. The van der Waals surface area contributed by atoms with E-state index in [9.17, 15) is 4.39 Å². The monoisotopic (exact) mass is 409 g/mol. The lowest BCUT2D eigenvalue weighted by Gasteiger charge is -2.21. The maximum atomic E-state index is 13.4. The molecule has 5 rings (SSSR count). The Labute approximate surface area is 183 Å². The van der Waals surface area contributed by atoms with Gasteiger partial charge in [-0.25, -0.2) is 8.96 Å². The van der Waals surface area contributed by atoms with Gasteiger partial charge >= 0.3 is 0 Å². The van der Waals surface area contributed by atoms with Crippen LogP contribution in [0.4, 0.5) is 4.39 Å². The van der Waals surface area contributed by atoms with Gasteiger partial charge in [0, 0.05) is 34.4 Å². The van der Waals surface area contributed by atoms with E-state index in [-0.39, 0.29) is 11.2 Å². The third-order valence-corrected chi connectivity index (χ3v) is 6.64. The lowest BCUT2D eigenvalue weighted by atomic mass is 9.83. The van der Waals surface area contributed by atoms with Crippen molar-refractivity contribution in [3.63, 3.8) is 0 Å². The molecule has 31 heavy (non-hydrogen) atoms. The molecule has 0 N–H and O–H groups in total. The van der Waals surface area contributed by atoms with Crippen LogP contribution in [0.5, 0.6) is 0 Å². The Morgan fingerprint density at radius 1 is 0.839 bits per heavy atom. The first-order chi connectivity index (χ1) is 14.8. The molecule has 0 amide bonds. The second-order valence-corrected chi connectivity index (χ2v) is 9.11. The van der Waals surface area contributed by atoms with Gasteiger partial charge in [-0.15, -0.1) is 0 Å². The third-order valence-electron chi connectivity index (χ3n) is 6.64. The summed E-state index contributed by atoms with van der Waals surface area (Å²) in [4.78, 5) is 4.71. The van der Waals surface area contributed by atoms with Crippen molar-refractivity contribution >= 4 is 0 Å². The third kappa shape index (κ3) is 2.99. The topological polar surface area (TPSA) is 16.8 Å². The molecule has 2 nitrogen and oxygen atoms in total. The Morgan fingerprint density at radius 2 is 1.55 bits per heavy atom. The number of hydrogen-bond acceptors (Lipinski definition) is 1. The summed E-state index contributed by atoms with van der Waals surface area (Å²) < 4.78 is 15.5. The molecule has 2 heterocycles. The molecule has 0 fully saturated rings. The molecule has 0 bridgehead atoms. The molecule has 0 unspecified atom stereocenters. The Bertz CT molecular complexity index is 1330. The van der Waals surface area contributed by atoms with Crippen molar-refractivity contribution in [1.29, 1.82) is 0 Å². The first-order valence-electron chi connectivity index (χ1n) is 10.6. The summed E-state index contributed by atoms with van der Waals surface area (Å²) in [7, 11) is 2.08. The molecule has 3 heteroatoms. The number of aromatic nitrogens is 2. The number of fused-ring (bicyclic) bond motifs is 3. The molecular weight excluding hydrogens is 383 g/mol. The number of rotatable bonds is 2. The van der Waals surface area contributed by atoms with E-state index in [4.69, 9.17) is 4.98 Å². The Hall–Kier alpha value is -3.33. The number of benzene rings is 2. The molecule has 0 atom stereocenters. The molecule has 0 aliphatic heterocycles. The fourth-order valence-corrected chi connectivity index (χ4v) is 4.92. The van der Waals surface area contributed by atoms with E-state index < -0.39 is 0 Å². The number of aryl methyl sites for hydroxylation is 3. The minimum absolute atomic E-state index is 0.0975. The molecule has 154 valence electrons. The quantitative estimate of drug-likeness (QED) is 0.355. The fraction of sp³-hybridized carbons (Fsp3) is 0.214. The number of pyridine rings is 2. The van der Waals surface area contributed by atoms with Crippen LogP contribution in [-0.4, -0.2) is 4.98 Å². The molecule has 0 spiro atoms. The minimum atomic E-state index is -0.214. The van der Waals surface area contributed by atoms with Gasteiger partial charge in [0.25, 0.3) is 0 Å². The SMILES string of the molecule is Cc1cc(-c2cc3c(cc2C)C(C)(C)c2ncccc2-3)[n+](C)cc1-c1ccc(F)cc1. The summed E-state index contributed by atoms with van der Waals surface area (Å²) in [6.07, 6.45) is 4.03. The lowest BCUT2D eigenvalue weighted by Crippen LogP contribution is -2.31. The molecular formula is C28H26FN2+. The van der Waals surface area contributed by atoms with Gasteiger partial charge in [-0.05, 0) is 65.9 Å². The van der Waals surface area contributed by atoms with Crippen LogP contribution in [0, 0.1) is 19.7 Å².